The lowest BCUT2D eigenvalue weighted by atomic mass is 10.0. The molecule has 0 saturated heterocycles. The van der Waals surface area contributed by atoms with Gasteiger partial charge in [0.15, 0.2) is 0 Å². The third kappa shape index (κ3) is 6.07. The van der Waals surface area contributed by atoms with Gasteiger partial charge in [0.1, 0.15) is 6.04 Å². The third-order valence-electron chi connectivity index (χ3n) is 3.31. The minimum absolute atomic E-state index is 0.0350. The highest BCUT2D eigenvalue weighted by molar-refractivity contribution is 5.96. The van der Waals surface area contributed by atoms with Gasteiger partial charge >= 0.3 is 11.9 Å². The summed E-state index contributed by atoms with van der Waals surface area (Å²) in [5, 5.41) is 2.74. The van der Waals surface area contributed by atoms with E-state index in [1.54, 1.807) is 24.3 Å². The maximum absolute atomic E-state index is 12.2. The maximum Gasteiger partial charge on any atom is 0.322 e. The fourth-order valence-corrected chi connectivity index (χ4v) is 2.01. The summed E-state index contributed by atoms with van der Waals surface area (Å²) in [4.78, 5) is 34.7. The number of nitrogens with two attached hydrogens (primary N) is 1. The minimum atomic E-state index is -0.691. The van der Waals surface area contributed by atoms with Gasteiger partial charge in [-0.2, -0.15) is 0 Å². The van der Waals surface area contributed by atoms with Crippen LogP contribution in [0.2, 0.25) is 0 Å². The summed E-state index contributed by atoms with van der Waals surface area (Å²) in [6, 6.07) is 6.14. The number of amides is 1. The predicted octanol–water partition coefficient (Wildman–Crippen LogP) is 0.412. The second-order valence-corrected chi connectivity index (χ2v) is 4.94. The number of methoxy groups -OCH3 is 2. The van der Waals surface area contributed by atoms with Gasteiger partial charge in [-0.3, -0.25) is 14.4 Å². The van der Waals surface area contributed by atoms with E-state index in [1.165, 1.54) is 14.2 Å². The second-order valence-electron chi connectivity index (χ2n) is 4.94. The average Bonchev–Trinajstić information content (AvgIpc) is 2.57. The standard InChI is InChI=1S/C16H22N2O5/c1-22-14(19)10-11-6-3-4-7-12(11)15(20)18-9-5-8-13(17)16(21)23-2/h3-4,6-7,13H,5,8-10,17H2,1-2H3,(H,18,20)/t13-/m0/s1. The van der Waals surface area contributed by atoms with Crippen LogP contribution in [0.4, 0.5) is 0 Å². The minimum Gasteiger partial charge on any atom is -0.469 e. The van der Waals surface area contributed by atoms with Gasteiger partial charge in [-0.05, 0) is 24.5 Å². The van der Waals surface area contributed by atoms with E-state index < -0.39 is 18.0 Å². The molecule has 0 aliphatic rings. The van der Waals surface area contributed by atoms with Crippen LogP contribution in [0.15, 0.2) is 24.3 Å². The van der Waals surface area contributed by atoms with Crippen molar-refractivity contribution in [3.63, 3.8) is 0 Å². The highest BCUT2D eigenvalue weighted by Gasteiger charge is 2.15. The number of carbonyl (C=O) groups is 3. The lowest BCUT2D eigenvalue weighted by Gasteiger charge is -2.11. The van der Waals surface area contributed by atoms with Crippen molar-refractivity contribution in [1.29, 1.82) is 0 Å². The smallest absolute Gasteiger partial charge is 0.322 e. The fraction of sp³-hybridized carbons (Fsp3) is 0.438. The largest absolute Gasteiger partial charge is 0.469 e. The number of benzene rings is 1. The number of carbonyl (C=O) groups excluding carboxylic acids is 3. The number of hydrogen-bond acceptors (Lipinski definition) is 6. The molecule has 7 heteroatoms. The van der Waals surface area contributed by atoms with E-state index in [4.69, 9.17) is 5.73 Å². The molecule has 126 valence electrons. The van der Waals surface area contributed by atoms with Crippen LogP contribution in [0.1, 0.15) is 28.8 Å². The summed E-state index contributed by atoms with van der Waals surface area (Å²) in [6.07, 6.45) is 0.991. The summed E-state index contributed by atoms with van der Waals surface area (Å²) >= 11 is 0. The first-order chi connectivity index (χ1) is 11.0. The van der Waals surface area contributed by atoms with E-state index in [9.17, 15) is 14.4 Å². The Balaban J connectivity index is 2.52. The molecule has 1 atom stereocenters. The van der Waals surface area contributed by atoms with E-state index in [0.717, 1.165) is 0 Å². The van der Waals surface area contributed by atoms with Gasteiger partial charge < -0.3 is 20.5 Å². The Kier molecular flexibility index (Phi) is 7.76. The van der Waals surface area contributed by atoms with Gasteiger partial charge in [0, 0.05) is 12.1 Å². The van der Waals surface area contributed by atoms with E-state index in [-0.39, 0.29) is 12.3 Å². The molecule has 0 bridgehead atoms. The Morgan fingerprint density at radius 3 is 2.52 bits per heavy atom. The average molecular weight is 322 g/mol. The Labute approximate surface area is 135 Å². The van der Waals surface area contributed by atoms with Crippen LogP contribution in [0.25, 0.3) is 0 Å². The van der Waals surface area contributed by atoms with E-state index >= 15 is 0 Å². The molecule has 0 aliphatic heterocycles. The molecule has 0 radical (unpaired) electrons. The van der Waals surface area contributed by atoms with Gasteiger partial charge in [0.25, 0.3) is 5.91 Å². The summed E-state index contributed by atoms with van der Waals surface area (Å²) in [5.74, 6) is -1.16. The molecular formula is C16H22N2O5. The highest BCUT2D eigenvalue weighted by atomic mass is 16.5. The Morgan fingerprint density at radius 2 is 1.87 bits per heavy atom. The molecule has 7 nitrogen and oxygen atoms in total. The van der Waals surface area contributed by atoms with Gasteiger partial charge in [0.2, 0.25) is 0 Å². The molecule has 0 heterocycles. The fourth-order valence-electron chi connectivity index (χ4n) is 2.01. The van der Waals surface area contributed by atoms with Crippen molar-refractivity contribution < 1.29 is 23.9 Å². The molecule has 0 unspecified atom stereocenters. The zero-order chi connectivity index (χ0) is 17.2. The van der Waals surface area contributed by atoms with Gasteiger partial charge in [-0.15, -0.1) is 0 Å². The van der Waals surface area contributed by atoms with Crippen LogP contribution in [0.3, 0.4) is 0 Å². The lowest BCUT2D eigenvalue weighted by Crippen LogP contribution is -2.33. The molecule has 1 rings (SSSR count). The van der Waals surface area contributed by atoms with Gasteiger partial charge in [-0.1, -0.05) is 18.2 Å². The Hall–Kier alpha value is -2.41. The molecular weight excluding hydrogens is 300 g/mol. The summed E-state index contributed by atoms with van der Waals surface area (Å²) in [5.41, 5.74) is 6.64. The Bertz CT molecular complexity index is 559. The van der Waals surface area contributed by atoms with Crippen molar-refractivity contribution >= 4 is 17.8 Å². The van der Waals surface area contributed by atoms with E-state index in [2.05, 4.69) is 14.8 Å². The number of esters is 2. The summed E-state index contributed by atoms with van der Waals surface area (Å²) < 4.78 is 9.15. The lowest BCUT2D eigenvalue weighted by molar-refractivity contribution is -0.142. The molecule has 0 spiro atoms. The highest BCUT2D eigenvalue weighted by Crippen LogP contribution is 2.10. The molecule has 0 aliphatic carbocycles. The van der Waals surface area contributed by atoms with Crippen molar-refractivity contribution in [2.24, 2.45) is 5.73 Å². The van der Waals surface area contributed by atoms with Crippen LogP contribution >= 0.6 is 0 Å². The Morgan fingerprint density at radius 1 is 1.17 bits per heavy atom. The van der Waals surface area contributed by atoms with E-state index in [1.807, 2.05) is 0 Å². The zero-order valence-corrected chi connectivity index (χ0v) is 13.3. The van der Waals surface area contributed by atoms with Crippen LogP contribution < -0.4 is 11.1 Å². The number of rotatable bonds is 8. The van der Waals surface area contributed by atoms with E-state index in [0.29, 0.717) is 30.5 Å². The maximum atomic E-state index is 12.2. The van der Waals surface area contributed by atoms with Gasteiger partial charge in [-0.25, -0.2) is 0 Å². The molecule has 1 amide bonds. The van der Waals surface area contributed by atoms with Crippen molar-refractivity contribution in [2.75, 3.05) is 20.8 Å². The summed E-state index contributed by atoms with van der Waals surface area (Å²) in [6.45, 7) is 0.371. The van der Waals surface area contributed by atoms with Crippen LogP contribution in [-0.2, 0) is 25.5 Å². The first-order valence-electron chi connectivity index (χ1n) is 7.26. The number of hydrogen-bond donors (Lipinski definition) is 2. The zero-order valence-electron chi connectivity index (χ0n) is 13.3. The van der Waals surface area contributed by atoms with Crippen LogP contribution in [-0.4, -0.2) is 44.7 Å². The molecule has 0 aromatic heterocycles. The topological polar surface area (TPSA) is 108 Å². The van der Waals surface area contributed by atoms with Crippen LogP contribution in [0, 0.1) is 0 Å². The SMILES string of the molecule is COC(=O)Cc1ccccc1C(=O)NCCC[C@H](N)C(=O)OC. The monoisotopic (exact) mass is 322 g/mol. The first kappa shape index (κ1) is 18.6. The molecule has 3 N–H and O–H groups in total. The second kappa shape index (κ2) is 9.58. The molecule has 23 heavy (non-hydrogen) atoms. The molecule has 1 aromatic rings. The van der Waals surface area contributed by atoms with Crippen molar-refractivity contribution in [3.05, 3.63) is 35.4 Å². The number of ether oxygens (including phenoxy) is 2. The van der Waals surface area contributed by atoms with Crippen molar-refractivity contribution in [2.45, 2.75) is 25.3 Å². The molecule has 0 saturated carbocycles. The van der Waals surface area contributed by atoms with Gasteiger partial charge in [0.05, 0.1) is 20.6 Å². The first-order valence-corrected chi connectivity index (χ1v) is 7.26. The molecule has 1 aromatic carbocycles. The number of nitrogens with one attached hydrogen (secondary N) is 1. The molecule has 0 fully saturated rings. The van der Waals surface area contributed by atoms with Crippen molar-refractivity contribution in [3.8, 4) is 0 Å². The quantitative estimate of drug-likeness (QED) is 0.530. The van der Waals surface area contributed by atoms with Crippen molar-refractivity contribution in [1.82, 2.24) is 5.32 Å². The summed E-state index contributed by atoms with van der Waals surface area (Å²) in [7, 11) is 2.58. The third-order valence-corrected chi connectivity index (χ3v) is 3.31. The predicted molar refractivity (Wildman–Crippen MR) is 83.7 cm³/mol. The van der Waals surface area contributed by atoms with Crippen LogP contribution in [0.5, 0.6) is 0 Å². The normalized spacial score (nSPS) is 11.4.